The molecule has 3 aromatic rings. The number of nitrogens with zero attached hydrogens (tertiary/aromatic N) is 1. The second-order valence-electron chi connectivity index (χ2n) is 4.97. The summed E-state index contributed by atoms with van der Waals surface area (Å²) < 4.78 is 5.35. The van der Waals surface area contributed by atoms with Crippen molar-refractivity contribution >= 4 is 33.7 Å². The molecule has 0 aromatic carbocycles. The van der Waals surface area contributed by atoms with Gasteiger partial charge in [0.1, 0.15) is 5.76 Å². The number of hydrogen-bond acceptors (Lipinski definition) is 5. The van der Waals surface area contributed by atoms with Crippen LogP contribution in [0.4, 0.5) is 5.13 Å². The van der Waals surface area contributed by atoms with Gasteiger partial charge in [-0.25, -0.2) is 4.98 Å². The third-order valence-corrected chi connectivity index (χ3v) is 5.19. The summed E-state index contributed by atoms with van der Waals surface area (Å²) in [5.41, 5.74) is 0.920. The zero-order chi connectivity index (χ0) is 14.2. The van der Waals surface area contributed by atoms with E-state index in [2.05, 4.69) is 10.3 Å². The predicted molar refractivity (Wildman–Crippen MR) is 83.6 cm³/mol. The molecule has 1 N–H and O–H groups in total. The highest BCUT2D eigenvalue weighted by molar-refractivity contribution is 7.16. The van der Waals surface area contributed by atoms with Crippen LogP contribution in [-0.4, -0.2) is 10.9 Å². The molecule has 106 valence electrons. The Labute approximate surface area is 129 Å². The van der Waals surface area contributed by atoms with Gasteiger partial charge in [0.15, 0.2) is 5.13 Å². The molecule has 0 aliphatic heterocycles. The summed E-state index contributed by atoms with van der Waals surface area (Å²) in [6, 6.07) is 7.81. The molecule has 6 heteroatoms. The van der Waals surface area contributed by atoms with E-state index in [1.54, 1.807) is 17.6 Å². The average molecular weight is 316 g/mol. The summed E-state index contributed by atoms with van der Waals surface area (Å²) in [6.45, 7) is 0. The molecule has 0 saturated heterocycles. The van der Waals surface area contributed by atoms with Crippen molar-refractivity contribution < 1.29 is 9.21 Å². The third-order valence-electron chi connectivity index (χ3n) is 3.54. The van der Waals surface area contributed by atoms with E-state index >= 15 is 0 Å². The van der Waals surface area contributed by atoms with Crippen molar-refractivity contribution in [3.05, 3.63) is 47.0 Å². The number of carbonyl (C=O) groups is 1. The quantitative estimate of drug-likeness (QED) is 0.784. The number of thiazole rings is 1. The molecule has 0 radical (unpaired) electrons. The van der Waals surface area contributed by atoms with Crippen LogP contribution in [0.5, 0.6) is 0 Å². The standard InChI is InChI=1S/C15H12N2O2S2/c18-14(10-7-9(10)12-3-1-5-19-12)17-15-16-11(8-21-15)13-4-2-6-20-13/h1-6,8-10H,7H2,(H,16,17,18)/t9-,10+/m1/s1. The Morgan fingerprint density at radius 3 is 3.05 bits per heavy atom. The van der Waals surface area contributed by atoms with Crippen LogP contribution in [0.15, 0.2) is 45.7 Å². The molecule has 0 unspecified atom stereocenters. The third kappa shape index (κ3) is 2.52. The van der Waals surface area contributed by atoms with Gasteiger partial charge in [-0.2, -0.15) is 0 Å². The number of anilines is 1. The summed E-state index contributed by atoms with van der Waals surface area (Å²) in [5.74, 6) is 1.15. The van der Waals surface area contributed by atoms with E-state index in [-0.39, 0.29) is 17.7 Å². The van der Waals surface area contributed by atoms with Crippen LogP contribution in [-0.2, 0) is 4.79 Å². The molecule has 4 rings (SSSR count). The number of hydrogen-bond donors (Lipinski definition) is 1. The van der Waals surface area contributed by atoms with Gasteiger partial charge in [0, 0.05) is 17.2 Å². The first-order valence-electron chi connectivity index (χ1n) is 6.65. The predicted octanol–water partition coefficient (Wildman–Crippen LogP) is 4.21. The largest absolute Gasteiger partial charge is 0.469 e. The lowest BCUT2D eigenvalue weighted by Gasteiger charge is -1.99. The number of nitrogens with one attached hydrogen (secondary N) is 1. The van der Waals surface area contributed by atoms with Crippen molar-refractivity contribution in [3.63, 3.8) is 0 Å². The molecule has 1 aliphatic carbocycles. The van der Waals surface area contributed by atoms with Crippen molar-refractivity contribution in [2.24, 2.45) is 5.92 Å². The molecule has 1 amide bonds. The Morgan fingerprint density at radius 2 is 2.29 bits per heavy atom. The molecular weight excluding hydrogens is 304 g/mol. The minimum absolute atomic E-state index is 0.00485. The van der Waals surface area contributed by atoms with E-state index in [0.29, 0.717) is 5.13 Å². The fraction of sp³-hybridized carbons (Fsp3) is 0.200. The molecule has 1 aliphatic rings. The van der Waals surface area contributed by atoms with Crippen LogP contribution >= 0.6 is 22.7 Å². The molecule has 3 heterocycles. The van der Waals surface area contributed by atoms with Gasteiger partial charge in [-0.15, -0.1) is 22.7 Å². The second kappa shape index (κ2) is 5.13. The van der Waals surface area contributed by atoms with E-state index in [1.165, 1.54) is 11.3 Å². The molecule has 3 aromatic heterocycles. The van der Waals surface area contributed by atoms with Gasteiger partial charge >= 0.3 is 0 Å². The van der Waals surface area contributed by atoms with E-state index < -0.39 is 0 Å². The molecule has 1 fully saturated rings. The van der Waals surface area contributed by atoms with Crippen molar-refractivity contribution in [1.29, 1.82) is 0 Å². The monoisotopic (exact) mass is 316 g/mol. The van der Waals surface area contributed by atoms with Crippen molar-refractivity contribution in [3.8, 4) is 10.6 Å². The first kappa shape index (κ1) is 12.8. The number of carbonyl (C=O) groups excluding carboxylic acids is 1. The Balaban J connectivity index is 1.42. The maximum atomic E-state index is 12.2. The van der Waals surface area contributed by atoms with Crippen LogP contribution in [0.2, 0.25) is 0 Å². The fourth-order valence-corrected chi connectivity index (χ4v) is 3.84. The van der Waals surface area contributed by atoms with Crippen LogP contribution in [0.1, 0.15) is 18.1 Å². The van der Waals surface area contributed by atoms with Gasteiger partial charge in [-0.1, -0.05) is 6.07 Å². The van der Waals surface area contributed by atoms with E-state index in [0.717, 1.165) is 22.8 Å². The van der Waals surface area contributed by atoms with Gasteiger partial charge in [-0.05, 0) is 30.0 Å². The highest BCUT2D eigenvalue weighted by Crippen LogP contribution is 2.48. The summed E-state index contributed by atoms with van der Waals surface area (Å²) in [4.78, 5) is 17.8. The molecule has 0 spiro atoms. The summed E-state index contributed by atoms with van der Waals surface area (Å²) in [6.07, 6.45) is 2.50. The van der Waals surface area contributed by atoms with Gasteiger partial charge in [0.05, 0.1) is 16.8 Å². The van der Waals surface area contributed by atoms with Crippen LogP contribution in [0.25, 0.3) is 10.6 Å². The Bertz CT molecular complexity index is 747. The number of thiophene rings is 1. The van der Waals surface area contributed by atoms with Crippen molar-refractivity contribution in [2.45, 2.75) is 12.3 Å². The van der Waals surface area contributed by atoms with Crippen molar-refractivity contribution in [2.75, 3.05) is 5.32 Å². The van der Waals surface area contributed by atoms with Gasteiger partial charge in [-0.3, -0.25) is 4.79 Å². The first-order chi connectivity index (χ1) is 10.3. The molecular formula is C15H12N2O2S2. The zero-order valence-corrected chi connectivity index (χ0v) is 12.6. The maximum Gasteiger partial charge on any atom is 0.230 e. The smallest absolute Gasteiger partial charge is 0.230 e. The Hall–Kier alpha value is -1.92. The van der Waals surface area contributed by atoms with Crippen LogP contribution in [0.3, 0.4) is 0 Å². The average Bonchev–Trinajstić information content (AvgIpc) is 2.99. The zero-order valence-electron chi connectivity index (χ0n) is 11.0. The fourth-order valence-electron chi connectivity index (χ4n) is 2.37. The number of amides is 1. The molecule has 21 heavy (non-hydrogen) atoms. The normalized spacial score (nSPS) is 20.4. The molecule has 4 nitrogen and oxygen atoms in total. The summed E-state index contributed by atoms with van der Waals surface area (Å²) >= 11 is 3.10. The second-order valence-corrected chi connectivity index (χ2v) is 6.77. The number of rotatable bonds is 4. The van der Waals surface area contributed by atoms with E-state index in [1.807, 2.05) is 35.0 Å². The molecule has 1 saturated carbocycles. The molecule has 2 atom stereocenters. The number of aromatic nitrogens is 1. The highest BCUT2D eigenvalue weighted by Gasteiger charge is 2.46. The van der Waals surface area contributed by atoms with Crippen molar-refractivity contribution in [1.82, 2.24) is 4.98 Å². The van der Waals surface area contributed by atoms with Crippen LogP contribution in [0, 0.1) is 5.92 Å². The number of furan rings is 1. The topological polar surface area (TPSA) is 55.1 Å². The van der Waals surface area contributed by atoms with E-state index in [4.69, 9.17) is 4.42 Å². The van der Waals surface area contributed by atoms with Gasteiger partial charge in [0.2, 0.25) is 5.91 Å². The highest BCUT2D eigenvalue weighted by atomic mass is 32.1. The summed E-state index contributed by atoms with van der Waals surface area (Å²) in [5, 5.41) is 7.56. The molecule has 0 bridgehead atoms. The lowest BCUT2D eigenvalue weighted by atomic mass is 10.2. The summed E-state index contributed by atoms with van der Waals surface area (Å²) in [7, 11) is 0. The minimum Gasteiger partial charge on any atom is -0.469 e. The lowest BCUT2D eigenvalue weighted by molar-refractivity contribution is -0.117. The van der Waals surface area contributed by atoms with Crippen LogP contribution < -0.4 is 5.32 Å². The van der Waals surface area contributed by atoms with Gasteiger partial charge < -0.3 is 9.73 Å². The maximum absolute atomic E-state index is 12.2. The lowest BCUT2D eigenvalue weighted by Crippen LogP contribution is -2.14. The SMILES string of the molecule is O=C(Nc1nc(-c2cccs2)cs1)[C@H]1C[C@H]1c1ccco1. The Kier molecular flexibility index (Phi) is 3.12. The first-order valence-corrected chi connectivity index (χ1v) is 8.41. The Morgan fingerprint density at radius 1 is 1.33 bits per heavy atom. The van der Waals surface area contributed by atoms with Gasteiger partial charge in [0.25, 0.3) is 0 Å². The minimum atomic E-state index is 0.00485. The van der Waals surface area contributed by atoms with E-state index in [9.17, 15) is 4.79 Å².